The van der Waals surface area contributed by atoms with Gasteiger partial charge in [0, 0.05) is 5.75 Å². The predicted octanol–water partition coefficient (Wildman–Crippen LogP) is 10.0. The lowest BCUT2D eigenvalue weighted by atomic mass is 10.1. The monoisotopic (exact) mass is 724 g/mol. The zero-order chi connectivity index (χ0) is 35.9. The van der Waals surface area contributed by atoms with E-state index < -0.39 is 8.07 Å². The fourth-order valence-corrected chi connectivity index (χ4v) is 14.2. The number of hydrogen-bond donors (Lipinski definition) is 0. The van der Waals surface area contributed by atoms with E-state index in [0.29, 0.717) is 0 Å². The number of nitrogens with zero attached hydrogens (tertiary/aromatic N) is 2. The van der Waals surface area contributed by atoms with Crippen LogP contribution in [-0.4, -0.2) is 17.6 Å². The average Bonchev–Trinajstić information content (AvgIpc) is 3.64. The summed E-state index contributed by atoms with van der Waals surface area (Å²) < 4.78 is 2.33. The van der Waals surface area contributed by atoms with Crippen molar-refractivity contribution >= 4 is 51.6 Å². The molecule has 0 fully saturated rings. The van der Waals surface area contributed by atoms with Crippen LogP contribution in [0, 0.1) is 0 Å². The second kappa shape index (κ2) is 13.6. The molecule has 0 bridgehead atoms. The SMILES string of the molecule is c1ccc(-c2cccc([Si](c3ccccc3)(c3cccc(-c4ccccc4)c3)c3cccc(-c4ccc5c(c4)nc4n5-c5ccccc5CS4)c3)c2)cc1. The predicted molar refractivity (Wildman–Crippen MR) is 231 cm³/mol. The van der Waals surface area contributed by atoms with Gasteiger partial charge in [0.1, 0.15) is 0 Å². The highest BCUT2D eigenvalue weighted by atomic mass is 32.2. The highest BCUT2D eigenvalue weighted by Gasteiger charge is 2.42. The van der Waals surface area contributed by atoms with Crippen LogP contribution in [0.5, 0.6) is 0 Å². The maximum Gasteiger partial charge on any atom is 0.179 e. The average molecular weight is 725 g/mol. The van der Waals surface area contributed by atoms with Gasteiger partial charge in [-0.25, -0.2) is 4.98 Å². The minimum atomic E-state index is -2.92. The minimum Gasteiger partial charge on any atom is -0.287 e. The smallest absolute Gasteiger partial charge is 0.179 e. The molecule has 10 rings (SSSR count). The third-order valence-electron chi connectivity index (χ3n) is 10.9. The Balaban J connectivity index is 1.20. The number of benzene rings is 8. The maximum atomic E-state index is 5.16. The van der Waals surface area contributed by atoms with Crippen LogP contribution in [0.15, 0.2) is 211 Å². The van der Waals surface area contributed by atoms with Crippen molar-refractivity contribution in [1.82, 2.24) is 9.55 Å². The van der Waals surface area contributed by atoms with Gasteiger partial charge >= 0.3 is 0 Å². The van der Waals surface area contributed by atoms with E-state index in [2.05, 4.69) is 211 Å². The molecule has 1 aromatic heterocycles. The van der Waals surface area contributed by atoms with Gasteiger partial charge in [-0.15, -0.1) is 0 Å². The van der Waals surface area contributed by atoms with Gasteiger partial charge in [-0.05, 0) is 77.9 Å². The van der Waals surface area contributed by atoms with Gasteiger partial charge < -0.3 is 0 Å². The summed E-state index contributed by atoms with van der Waals surface area (Å²) in [5.41, 5.74) is 12.0. The second-order valence-electron chi connectivity index (χ2n) is 13.9. The van der Waals surface area contributed by atoms with Gasteiger partial charge in [0.05, 0.1) is 16.7 Å². The number of para-hydroxylation sites is 1. The topological polar surface area (TPSA) is 17.8 Å². The van der Waals surface area contributed by atoms with Gasteiger partial charge in [-0.2, -0.15) is 0 Å². The first-order valence-corrected chi connectivity index (χ1v) is 21.5. The van der Waals surface area contributed by atoms with Gasteiger partial charge in [-0.3, -0.25) is 4.57 Å². The zero-order valence-corrected chi connectivity index (χ0v) is 31.5. The molecule has 1 aliphatic rings. The molecule has 9 aromatic rings. The van der Waals surface area contributed by atoms with E-state index in [-0.39, 0.29) is 0 Å². The zero-order valence-electron chi connectivity index (χ0n) is 29.6. The Bertz CT molecular complexity index is 2690. The molecule has 0 amide bonds. The molecule has 256 valence electrons. The summed E-state index contributed by atoms with van der Waals surface area (Å²) in [4.78, 5) is 5.16. The molecule has 0 unspecified atom stereocenters. The van der Waals surface area contributed by atoms with Crippen molar-refractivity contribution < 1.29 is 0 Å². The van der Waals surface area contributed by atoms with Crippen molar-refractivity contribution in [3.8, 4) is 39.1 Å². The van der Waals surface area contributed by atoms with Crippen molar-refractivity contribution in [1.29, 1.82) is 0 Å². The van der Waals surface area contributed by atoms with Gasteiger partial charge in [0.15, 0.2) is 13.2 Å². The molecule has 1 aliphatic heterocycles. The van der Waals surface area contributed by atoms with Crippen LogP contribution in [0.3, 0.4) is 0 Å². The van der Waals surface area contributed by atoms with Crippen molar-refractivity contribution in [3.63, 3.8) is 0 Å². The first-order valence-electron chi connectivity index (χ1n) is 18.5. The van der Waals surface area contributed by atoms with Crippen LogP contribution in [0.4, 0.5) is 0 Å². The fourth-order valence-electron chi connectivity index (χ4n) is 8.31. The highest BCUT2D eigenvalue weighted by Crippen LogP contribution is 2.38. The number of hydrogen-bond acceptors (Lipinski definition) is 2. The molecule has 0 aliphatic carbocycles. The van der Waals surface area contributed by atoms with Gasteiger partial charge in [-0.1, -0.05) is 200 Å². The fraction of sp³-hybridized carbons (Fsp3) is 0.0200. The lowest BCUT2D eigenvalue weighted by Crippen LogP contribution is -2.74. The Morgan fingerprint density at radius 2 is 0.870 bits per heavy atom. The summed E-state index contributed by atoms with van der Waals surface area (Å²) >= 11 is 1.81. The molecule has 2 nitrogen and oxygen atoms in total. The summed E-state index contributed by atoms with van der Waals surface area (Å²) in [5.74, 6) is 0.942. The van der Waals surface area contributed by atoms with E-state index in [9.17, 15) is 0 Å². The molecular formula is C50H36N2SSi. The van der Waals surface area contributed by atoms with E-state index in [1.807, 2.05) is 11.8 Å². The number of imidazole rings is 1. The maximum absolute atomic E-state index is 5.16. The quantitative estimate of drug-likeness (QED) is 0.120. The molecule has 0 radical (unpaired) electrons. The first-order chi connectivity index (χ1) is 26.8. The van der Waals surface area contributed by atoms with Crippen molar-refractivity contribution in [3.05, 3.63) is 212 Å². The Morgan fingerprint density at radius 1 is 0.407 bits per heavy atom. The normalized spacial score (nSPS) is 12.3. The Hall–Kier alpha value is -6.20. The third kappa shape index (κ3) is 5.54. The standard InChI is InChI=1S/C50H36N2SSi/c1-4-15-36(16-5-1)38-20-12-25-44(31-38)54(43-23-8-3-9-24-43,45-26-13-21-39(32-45)37-17-6-2-7-18-37)46-27-14-22-40(33-46)41-29-30-49-47(34-41)51-50-52(49)48-28-11-10-19-42(48)35-53-50/h1-34H,35H2. The van der Waals surface area contributed by atoms with Crippen LogP contribution in [-0.2, 0) is 5.75 Å². The first kappa shape index (κ1) is 32.4. The van der Waals surface area contributed by atoms with Crippen LogP contribution in [0.1, 0.15) is 5.56 Å². The Labute approximate surface area is 321 Å². The Kier molecular flexibility index (Phi) is 8.20. The van der Waals surface area contributed by atoms with Gasteiger partial charge in [0.2, 0.25) is 0 Å². The molecular weight excluding hydrogens is 689 g/mol. The number of fused-ring (bicyclic) bond motifs is 5. The van der Waals surface area contributed by atoms with E-state index in [4.69, 9.17) is 4.98 Å². The minimum absolute atomic E-state index is 0.942. The molecule has 0 saturated carbocycles. The number of rotatable bonds is 7. The van der Waals surface area contributed by atoms with Crippen LogP contribution in [0.2, 0.25) is 0 Å². The van der Waals surface area contributed by atoms with E-state index in [1.165, 1.54) is 65.4 Å². The molecule has 0 atom stereocenters. The second-order valence-corrected chi connectivity index (χ2v) is 18.7. The molecule has 0 spiro atoms. The largest absolute Gasteiger partial charge is 0.287 e. The molecule has 54 heavy (non-hydrogen) atoms. The van der Waals surface area contributed by atoms with E-state index >= 15 is 0 Å². The van der Waals surface area contributed by atoms with Crippen LogP contribution in [0.25, 0.3) is 50.1 Å². The summed E-state index contributed by atoms with van der Waals surface area (Å²) in [7, 11) is -2.92. The van der Waals surface area contributed by atoms with Crippen LogP contribution >= 0.6 is 11.8 Å². The number of thioether (sulfide) groups is 1. The number of aromatic nitrogens is 2. The summed E-state index contributed by atoms with van der Waals surface area (Å²) in [6.45, 7) is 0. The van der Waals surface area contributed by atoms with E-state index in [0.717, 1.165) is 21.9 Å². The molecule has 0 saturated heterocycles. The molecule has 2 heterocycles. The highest BCUT2D eigenvalue weighted by molar-refractivity contribution is 7.98. The Morgan fingerprint density at radius 3 is 1.46 bits per heavy atom. The molecule has 4 heteroatoms. The molecule has 8 aromatic carbocycles. The molecule has 0 N–H and O–H groups in total. The van der Waals surface area contributed by atoms with Crippen LogP contribution < -0.4 is 20.7 Å². The lowest BCUT2D eigenvalue weighted by Gasteiger charge is -2.35. The van der Waals surface area contributed by atoms with E-state index in [1.54, 1.807) is 0 Å². The van der Waals surface area contributed by atoms with Crippen molar-refractivity contribution in [2.24, 2.45) is 0 Å². The van der Waals surface area contributed by atoms with Crippen molar-refractivity contribution in [2.45, 2.75) is 10.9 Å². The van der Waals surface area contributed by atoms with Gasteiger partial charge in [0.25, 0.3) is 0 Å². The lowest BCUT2D eigenvalue weighted by molar-refractivity contribution is 0.894. The third-order valence-corrected chi connectivity index (χ3v) is 16.6. The van der Waals surface area contributed by atoms with Crippen molar-refractivity contribution in [2.75, 3.05) is 0 Å². The summed E-state index contributed by atoms with van der Waals surface area (Å²) in [6, 6.07) is 76.2. The summed E-state index contributed by atoms with van der Waals surface area (Å²) in [5, 5.41) is 6.46. The summed E-state index contributed by atoms with van der Waals surface area (Å²) in [6.07, 6.45) is 0.